The third-order valence-electron chi connectivity index (χ3n) is 2.82. The average Bonchev–Trinajstić information content (AvgIpc) is 2.77. The Bertz CT molecular complexity index is 509. The topological polar surface area (TPSA) is 56.7 Å². The molecule has 4 nitrogen and oxygen atoms in total. The van der Waals surface area contributed by atoms with Crippen LogP contribution in [0.4, 0.5) is 4.39 Å². The van der Waals surface area contributed by atoms with Crippen LogP contribution in [0.3, 0.4) is 0 Å². The quantitative estimate of drug-likeness (QED) is 0.881. The minimum atomic E-state index is -0.361. The summed E-state index contributed by atoms with van der Waals surface area (Å²) in [6, 6.07) is 1.14. The molecule has 0 amide bonds. The van der Waals surface area contributed by atoms with Gasteiger partial charge in [-0.1, -0.05) is 6.92 Å². The average molecular weight is 248 g/mol. The van der Waals surface area contributed by atoms with Crippen LogP contribution in [-0.2, 0) is 13.0 Å². The number of nitrogens with two attached hydrogens (primary N) is 1. The summed E-state index contributed by atoms with van der Waals surface area (Å²) in [7, 11) is 0. The van der Waals surface area contributed by atoms with Crippen molar-refractivity contribution < 1.29 is 4.39 Å². The van der Waals surface area contributed by atoms with E-state index in [-0.39, 0.29) is 11.9 Å². The van der Waals surface area contributed by atoms with Crippen molar-refractivity contribution in [3.05, 3.63) is 48.1 Å². The molecule has 1 unspecified atom stereocenters. The van der Waals surface area contributed by atoms with Gasteiger partial charge in [0.15, 0.2) is 0 Å². The highest BCUT2D eigenvalue weighted by Crippen LogP contribution is 2.15. The molecule has 0 fully saturated rings. The summed E-state index contributed by atoms with van der Waals surface area (Å²) in [5.74, 6) is 0.563. The molecule has 0 bridgehead atoms. The van der Waals surface area contributed by atoms with E-state index >= 15 is 0 Å². The van der Waals surface area contributed by atoms with Crippen LogP contribution in [0.1, 0.15) is 30.8 Å². The Balaban J connectivity index is 2.11. The zero-order chi connectivity index (χ0) is 13.0. The van der Waals surface area contributed by atoms with Gasteiger partial charge in [-0.05, 0) is 18.1 Å². The first-order valence-corrected chi connectivity index (χ1v) is 6.06. The number of imidazole rings is 1. The van der Waals surface area contributed by atoms with E-state index in [0.29, 0.717) is 12.0 Å². The number of halogens is 1. The van der Waals surface area contributed by atoms with Gasteiger partial charge < -0.3 is 10.3 Å². The van der Waals surface area contributed by atoms with E-state index < -0.39 is 0 Å². The van der Waals surface area contributed by atoms with Crippen molar-refractivity contribution in [1.82, 2.24) is 14.5 Å². The van der Waals surface area contributed by atoms with Gasteiger partial charge in [-0.3, -0.25) is 4.98 Å². The molecule has 2 rings (SSSR count). The molecule has 5 heteroatoms. The summed E-state index contributed by atoms with van der Waals surface area (Å²) in [6.45, 7) is 3.03. The van der Waals surface area contributed by atoms with E-state index in [4.69, 9.17) is 5.73 Å². The molecule has 96 valence electrons. The van der Waals surface area contributed by atoms with Gasteiger partial charge in [0.05, 0.1) is 6.20 Å². The van der Waals surface area contributed by atoms with E-state index in [2.05, 4.69) is 21.5 Å². The van der Waals surface area contributed by atoms with Gasteiger partial charge in [-0.2, -0.15) is 0 Å². The summed E-state index contributed by atoms with van der Waals surface area (Å²) < 4.78 is 15.1. The predicted molar refractivity (Wildman–Crippen MR) is 67.3 cm³/mol. The maximum atomic E-state index is 13.1. The molecule has 18 heavy (non-hydrogen) atoms. The number of nitrogens with zero attached hydrogens (tertiary/aromatic N) is 3. The molecule has 2 heterocycles. The standard InChI is InChI=1S/C13H17FN4/c1-2-4-18-5-3-17-13(18)7-12(15)10-6-11(14)9-16-8-10/h3,5-6,8-9,12H,2,4,7,15H2,1H3. The van der Waals surface area contributed by atoms with Crippen molar-refractivity contribution in [2.75, 3.05) is 0 Å². The van der Waals surface area contributed by atoms with Crippen molar-refractivity contribution in [2.45, 2.75) is 32.4 Å². The molecule has 0 aliphatic heterocycles. The summed E-state index contributed by atoms with van der Waals surface area (Å²) >= 11 is 0. The molecule has 2 aromatic rings. The second kappa shape index (κ2) is 5.73. The summed E-state index contributed by atoms with van der Waals surface area (Å²) in [5, 5.41) is 0. The lowest BCUT2D eigenvalue weighted by Gasteiger charge is -2.12. The van der Waals surface area contributed by atoms with Crippen molar-refractivity contribution in [2.24, 2.45) is 5.73 Å². The maximum absolute atomic E-state index is 13.1. The molecule has 0 saturated heterocycles. The Kier molecular flexibility index (Phi) is 4.04. The highest BCUT2D eigenvalue weighted by molar-refractivity contribution is 5.16. The van der Waals surface area contributed by atoms with Crippen molar-refractivity contribution in [1.29, 1.82) is 0 Å². The van der Waals surface area contributed by atoms with Gasteiger partial charge in [0.1, 0.15) is 11.6 Å². The number of hydrogen-bond donors (Lipinski definition) is 1. The van der Waals surface area contributed by atoms with E-state index in [1.807, 2.05) is 6.20 Å². The normalized spacial score (nSPS) is 12.6. The van der Waals surface area contributed by atoms with E-state index in [0.717, 1.165) is 18.8 Å². The lowest BCUT2D eigenvalue weighted by atomic mass is 10.1. The first kappa shape index (κ1) is 12.7. The highest BCUT2D eigenvalue weighted by Gasteiger charge is 2.12. The van der Waals surface area contributed by atoms with Crippen LogP contribution in [0.25, 0.3) is 0 Å². The summed E-state index contributed by atoms with van der Waals surface area (Å²) in [5.41, 5.74) is 6.76. The summed E-state index contributed by atoms with van der Waals surface area (Å²) in [6.07, 6.45) is 8.10. The van der Waals surface area contributed by atoms with Gasteiger partial charge in [-0.25, -0.2) is 9.37 Å². The van der Waals surface area contributed by atoms with Crippen LogP contribution in [0.15, 0.2) is 30.9 Å². The first-order chi connectivity index (χ1) is 8.70. The first-order valence-electron chi connectivity index (χ1n) is 6.06. The fourth-order valence-corrected chi connectivity index (χ4v) is 1.92. The molecule has 2 N–H and O–H groups in total. The van der Waals surface area contributed by atoms with Crippen LogP contribution in [0.5, 0.6) is 0 Å². The molecule has 2 aromatic heterocycles. The Hall–Kier alpha value is -1.75. The van der Waals surface area contributed by atoms with E-state index in [9.17, 15) is 4.39 Å². The van der Waals surface area contributed by atoms with Crippen molar-refractivity contribution in [3.63, 3.8) is 0 Å². The Morgan fingerprint density at radius 2 is 2.28 bits per heavy atom. The lowest BCUT2D eigenvalue weighted by molar-refractivity contribution is 0.586. The smallest absolute Gasteiger partial charge is 0.141 e. The molecular weight excluding hydrogens is 231 g/mol. The highest BCUT2D eigenvalue weighted by atomic mass is 19.1. The van der Waals surface area contributed by atoms with Gasteiger partial charge in [-0.15, -0.1) is 0 Å². The monoisotopic (exact) mass is 248 g/mol. The van der Waals surface area contributed by atoms with Gasteiger partial charge >= 0.3 is 0 Å². The van der Waals surface area contributed by atoms with Gasteiger partial charge in [0.2, 0.25) is 0 Å². The molecule has 0 aromatic carbocycles. The molecule has 0 aliphatic rings. The van der Waals surface area contributed by atoms with Crippen LogP contribution in [-0.4, -0.2) is 14.5 Å². The summed E-state index contributed by atoms with van der Waals surface area (Å²) in [4.78, 5) is 8.10. The zero-order valence-corrected chi connectivity index (χ0v) is 10.4. The Morgan fingerprint density at radius 1 is 1.44 bits per heavy atom. The third-order valence-corrected chi connectivity index (χ3v) is 2.82. The van der Waals surface area contributed by atoms with Crippen LogP contribution in [0.2, 0.25) is 0 Å². The number of pyridine rings is 1. The van der Waals surface area contributed by atoms with E-state index in [1.54, 1.807) is 12.4 Å². The lowest BCUT2D eigenvalue weighted by Crippen LogP contribution is -2.17. The fourth-order valence-electron chi connectivity index (χ4n) is 1.92. The van der Waals surface area contributed by atoms with Crippen molar-refractivity contribution in [3.8, 4) is 0 Å². The Labute approximate surface area is 106 Å². The third kappa shape index (κ3) is 2.92. The maximum Gasteiger partial charge on any atom is 0.141 e. The molecule has 0 aliphatic carbocycles. The zero-order valence-electron chi connectivity index (χ0n) is 10.4. The molecule has 1 atom stereocenters. The number of rotatable bonds is 5. The molecular formula is C13H17FN4. The minimum absolute atomic E-state index is 0.286. The second-order valence-corrected chi connectivity index (χ2v) is 4.28. The minimum Gasteiger partial charge on any atom is -0.335 e. The number of hydrogen-bond acceptors (Lipinski definition) is 3. The molecule has 0 radical (unpaired) electrons. The van der Waals surface area contributed by atoms with Crippen molar-refractivity contribution >= 4 is 0 Å². The fraction of sp³-hybridized carbons (Fsp3) is 0.385. The number of aromatic nitrogens is 3. The van der Waals surface area contributed by atoms with E-state index in [1.165, 1.54) is 12.3 Å². The van der Waals surface area contributed by atoms with Gasteiger partial charge in [0, 0.05) is 37.6 Å². The molecule has 0 saturated carbocycles. The SMILES string of the molecule is CCCn1ccnc1CC(N)c1cncc(F)c1. The number of aryl methyl sites for hydroxylation is 1. The predicted octanol–water partition coefficient (Wildman–Crippen LogP) is 2.07. The van der Waals surface area contributed by atoms with Gasteiger partial charge in [0.25, 0.3) is 0 Å². The Morgan fingerprint density at radius 3 is 3.00 bits per heavy atom. The van der Waals surface area contributed by atoms with Crippen LogP contribution < -0.4 is 5.73 Å². The van der Waals surface area contributed by atoms with Crippen LogP contribution >= 0.6 is 0 Å². The molecule has 0 spiro atoms. The van der Waals surface area contributed by atoms with Crippen LogP contribution in [0, 0.1) is 5.82 Å². The second-order valence-electron chi connectivity index (χ2n) is 4.28. The largest absolute Gasteiger partial charge is 0.335 e.